The van der Waals surface area contributed by atoms with Crippen molar-refractivity contribution < 1.29 is 9.90 Å². The Morgan fingerprint density at radius 1 is 1.85 bits per heavy atom. The van der Waals surface area contributed by atoms with Crippen LogP contribution in [0.3, 0.4) is 0 Å². The molecule has 1 atom stereocenters. The van der Waals surface area contributed by atoms with E-state index in [1.807, 2.05) is 5.43 Å². The number of H-pyrrole nitrogens is 1. The van der Waals surface area contributed by atoms with Gasteiger partial charge in [-0.25, -0.2) is 15.2 Å². The van der Waals surface area contributed by atoms with Crippen molar-refractivity contribution >= 4 is 5.97 Å². The molecule has 13 heavy (non-hydrogen) atoms. The van der Waals surface area contributed by atoms with Gasteiger partial charge < -0.3 is 15.8 Å². The molecule has 0 aliphatic carbocycles. The van der Waals surface area contributed by atoms with E-state index < -0.39 is 11.6 Å². The predicted octanol–water partition coefficient (Wildman–Crippen LogP) is -1.84. The molecule has 0 aromatic carbocycles. The summed E-state index contributed by atoms with van der Waals surface area (Å²) in [5, 5.41) is 8.73. The standard InChI is InChI=1S/C6H11N5O2/c7-6(11-8,5(12)13)1-4-2-9-3-10-4/h2-3,11H,1,7-8H2,(H,9,10)(H,12,13)/t6-/m1/s1. The lowest BCUT2D eigenvalue weighted by Crippen LogP contribution is -2.63. The average Bonchev–Trinajstić information content (AvgIpc) is 2.56. The number of imidazole rings is 1. The molecule has 0 unspecified atom stereocenters. The van der Waals surface area contributed by atoms with Crippen molar-refractivity contribution in [2.45, 2.75) is 12.1 Å². The largest absolute Gasteiger partial charge is 0.479 e. The fraction of sp³-hybridized carbons (Fsp3) is 0.333. The Bertz CT molecular complexity index is 285. The number of aromatic amines is 1. The van der Waals surface area contributed by atoms with Crippen LogP contribution in [0.15, 0.2) is 12.5 Å². The van der Waals surface area contributed by atoms with Gasteiger partial charge in [-0.15, -0.1) is 0 Å². The summed E-state index contributed by atoms with van der Waals surface area (Å²) in [4.78, 5) is 17.1. The number of rotatable bonds is 4. The van der Waals surface area contributed by atoms with Crippen LogP contribution in [-0.4, -0.2) is 26.7 Å². The number of nitrogens with two attached hydrogens (primary N) is 2. The number of carbonyl (C=O) groups is 1. The minimum absolute atomic E-state index is 0.0405. The molecule has 0 saturated carbocycles. The second-order valence-electron chi connectivity index (χ2n) is 2.67. The van der Waals surface area contributed by atoms with Crippen molar-refractivity contribution in [1.29, 1.82) is 0 Å². The molecule has 1 aromatic rings. The summed E-state index contributed by atoms with van der Waals surface area (Å²) in [6, 6.07) is 0. The lowest BCUT2D eigenvalue weighted by atomic mass is 10.1. The number of aliphatic carboxylic acids is 1. The number of hydrogen-bond donors (Lipinski definition) is 5. The number of nitrogens with zero attached hydrogens (tertiary/aromatic N) is 1. The number of carboxylic acid groups (broad SMARTS) is 1. The third-order valence-electron chi connectivity index (χ3n) is 1.66. The smallest absolute Gasteiger partial charge is 0.340 e. The molecule has 0 bridgehead atoms. The number of hydrogen-bond acceptors (Lipinski definition) is 5. The summed E-state index contributed by atoms with van der Waals surface area (Å²) in [6.07, 6.45) is 2.97. The van der Waals surface area contributed by atoms with Crippen molar-refractivity contribution in [1.82, 2.24) is 15.4 Å². The lowest BCUT2D eigenvalue weighted by molar-refractivity contribution is -0.144. The fourth-order valence-corrected chi connectivity index (χ4v) is 0.870. The zero-order chi connectivity index (χ0) is 9.90. The molecule has 7 heteroatoms. The SMILES string of the molecule is NN[C@](N)(Cc1cnc[nH]1)C(=O)O. The number of nitrogens with one attached hydrogen (secondary N) is 2. The molecule has 0 aliphatic rings. The maximum atomic E-state index is 10.7. The first kappa shape index (κ1) is 9.65. The van der Waals surface area contributed by atoms with E-state index in [0.717, 1.165) is 0 Å². The highest BCUT2D eigenvalue weighted by Gasteiger charge is 2.33. The summed E-state index contributed by atoms with van der Waals surface area (Å²) >= 11 is 0. The molecular formula is C6H11N5O2. The van der Waals surface area contributed by atoms with Gasteiger partial charge in [0.2, 0.25) is 0 Å². The van der Waals surface area contributed by atoms with Gasteiger partial charge in [0.25, 0.3) is 0 Å². The van der Waals surface area contributed by atoms with Gasteiger partial charge in [0, 0.05) is 18.3 Å². The summed E-state index contributed by atoms with van der Waals surface area (Å²) in [7, 11) is 0. The molecule has 1 rings (SSSR count). The lowest BCUT2D eigenvalue weighted by Gasteiger charge is -2.22. The second kappa shape index (κ2) is 3.52. The normalized spacial score (nSPS) is 15.2. The molecule has 7 N–H and O–H groups in total. The molecule has 1 aromatic heterocycles. The van der Waals surface area contributed by atoms with E-state index in [0.29, 0.717) is 5.69 Å². The highest BCUT2D eigenvalue weighted by Crippen LogP contribution is 2.04. The summed E-state index contributed by atoms with van der Waals surface area (Å²) in [5.74, 6) is 3.82. The van der Waals surface area contributed by atoms with E-state index >= 15 is 0 Å². The molecular weight excluding hydrogens is 174 g/mol. The fourth-order valence-electron chi connectivity index (χ4n) is 0.870. The van der Waals surface area contributed by atoms with Crippen LogP contribution in [0.2, 0.25) is 0 Å². The Kier molecular flexibility index (Phi) is 2.61. The van der Waals surface area contributed by atoms with Crippen LogP contribution in [0.25, 0.3) is 0 Å². The Morgan fingerprint density at radius 2 is 2.54 bits per heavy atom. The van der Waals surface area contributed by atoms with Crippen LogP contribution >= 0.6 is 0 Å². The Balaban J connectivity index is 2.75. The van der Waals surface area contributed by atoms with E-state index in [-0.39, 0.29) is 6.42 Å². The van der Waals surface area contributed by atoms with Crippen LogP contribution in [0.1, 0.15) is 5.69 Å². The highest BCUT2D eigenvalue weighted by atomic mass is 16.4. The number of carboxylic acids is 1. The topological polar surface area (TPSA) is 130 Å². The molecule has 1 heterocycles. The van der Waals surface area contributed by atoms with Gasteiger partial charge in [0.1, 0.15) is 0 Å². The average molecular weight is 185 g/mol. The molecule has 0 radical (unpaired) electrons. The van der Waals surface area contributed by atoms with Crippen molar-refractivity contribution in [2.75, 3.05) is 0 Å². The van der Waals surface area contributed by atoms with Gasteiger partial charge in [-0.1, -0.05) is 0 Å². The first-order valence-corrected chi connectivity index (χ1v) is 3.56. The molecule has 0 aliphatic heterocycles. The van der Waals surface area contributed by atoms with E-state index in [1.54, 1.807) is 0 Å². The van der Waals surface area contributed by atoms with E-state index in [2.05, 4.69) is 9.97 Å². The number of aromatic nitrogens is 2. The highest BCUT2D eigenvalue weighted by molar-refractivity contribution is 5.78. The Morgan fingerprint density at radius 3 is 2.92 bits per heavy atom. The first-order chi connectivity index (χ1) is 6.08. The van der Waals surface area contributed by atoms with E-state index in [1.165, 1.54) is 12.5 Å². The summed E-state index contributed by atoms with van der Waals surface area (Å²) < 4.78 is 0. The molecule has 0 saturated heterocycles. The van der Waals surface area contributed by atoms with Crippen LogP contribution < -0.4 is 17.0 Å². The monoisotopic (exact) mass is 185 g/mol. The van der Waals surface area contributed by atoms with Crippen molar-refractivity contribution in [3.63, 3.8) is 0 Å². The maximum Gasteiger partial charge on any atom is 0.340 e. The third kappa shape index (κ3) is 2.02. The molecule has 72 valence electrons. The third-order valence-corrected chi connectivity index (χ3v) is 1.66. The van der Waals surface area contributed by atoms with Gasteiger partial charge in [-0.3, -0.25) is 5.84 Å². The van der Waals surface area contributed by atoms with Gasteiger partial charge in [-0.05, 0) is 0 Å². The second-order valence-corrected chi connectivity index (χ2v) is 2.67. The quantitative estimate of drug-likeness (QED) is 0.213. The van der Waals surface area contributed by atoms with Gasteiger partial charge in [0.15, 0.2) is 5.66 Å². The van der Waals surface area contributed by atoms with Gasteiger partial charge in [0.05, 0.1) is 6.33 Å². The molecule has 0 fully saturated rings. The Hall–Kier alpha value is -1.44. The van der Waals surface area contributed by atoms with E-state index in [9.17, 15) is 4.79 Å². The van der Waals surface area contributed by atoms with Crippen molar-refractivity contribution in [3.05, 3.63) is 18.2 Å². The Labute approximate surface area is 74.1 Å². The zero-order valence-electron chi connectivity index (χ0n) is 6.82. The molecule has 0 amide bonds. The summed E-state index contributed by atoms with van der Waals surface area (Å²) in [6.45, 7) is 0. The number of hydrazine groups is 1. The first-order valence-electron chi connectivity index (χ1n) is 3.56. The van der Waals surface area contributed by atoms with Crippen molar-refractivity contribution in [3.8, 4) is 0 Å². The van der Waals surface area contributed by atoms with E-state index in [4.69, 9.17) is 16.7 Å². The van der Waals surface area contributed by atoms with Gasteiger partial charge >= 0.3 is 5.97 Å². The molecule has 0 spiro atoms. The predicted molar refractivity (Wildman–Crippen MR) is 44.2 cm³/mol. The zero-order valence-corrected chi connectivity index (χ0v) is 6.82. The minimum Gasteiger partial charge on any atom is -0.479 e. The van der Waals surface area contributed by atoms with Crippen LogP contribution in [0.5, 0.6) is 0 Å². The summed E-state index contributed by atoms with van der Waals surface area (Å²) in [5.41, 5.74) is 6.43. The van der Waals surface area contributed by atoms with Gasteiger partial charge in [-0.2, -0.15) is 0 Å². The maximum absolute atomic E-state index is 10.7. The van der Waals surface area contributed by atoms with Crippen LogP contribution in [0, 0.1) is 0 Å². The van der Waals surface area contributed by atoms with Crippen LogP contribution in [0.4, 0.5) is 0 Å². The van der Waals surface area contributed by atoms with Crippen molar-refractivity contribution in [2.24, 2.45) is 11.6 Å². The minimum atomic E-state index is -1.66. The molecule has 7 nitrogen and oxygen atoms in total. The van der Waals surface area contributed by atoms with Crippen LogP contribution in [-0.2, 0) is 11.2 Å².